The molecule has 0 aliphatic carbocycles. The molecule has 1 fully saturated rings. The van der Waals surface area contributed by atoms with Gasteiger partial charge in [-0.3, -0.25) is 0 Å². The van der Waals surface area contributed by atoms with Gasteiger partial charge in [0, 0.05) is 40.5 Å². The van der Waals surface area contributed by atoms with E-state index in [2.05, 4.69) is 36.1 Å². The molecule has 1 aliphatic rings. The molecule has 0 saturated carbocycles. The van der Waals surface area contributed by atoms with E-state index in [9.17, 15) is 0 Å². The Morgan fingerprint density at radius 1 is 1.37 bits per heavy atom. The molecule has 1 N–H and O–H groups in total. The fraction of sp³-hybridized carbons (Fsp3) is 0.692. The Kier molecular flexibility index (Phi) is 5.26. The van der Waals surface area contributed by atoms with E-state index in [-0.39, 0.29) is 5.41 Å². The summed E-state index contributed by atoms with van der Waals surface area (Å²) in [5.41, 5.74) is -0.0865. The molecule has 0 aromatic carbocycles. The van der Waals surface area contributed by atoms with E-state index in [1.807, 2.05) is 23.5 Å². The topological polar surface area (TPSA) is 37.8 Å². The van der Waals surface area contributed by atoms with Gasteiger partial charge in [-0.2, -0.15) is 23.5 Å². The number of hydrogen-bond donors (Lipinski definition) is 1. The minimum atomic E-state index is -0.0865. The van der Waals surface area contributed by atoms with Crippen LogP contribution in [0.2, 0.25) is 5.15 Å². The average molecular weight is 318 g/mol. The minimum Gasteiger partial charge on any atom is -0.369 e. The lowest BCUT2D eigenvalue weighted by Crippen LogP contribution is -2.24. The summed E-state index contributed by atoms with van der Waals surface area (Å²) in [4.78, 5) is 8.87. The fourth-order valence-corrected chi connectivity index (χ4v) is 4.51. The summed E-state index contributed by atoms with van der Waals surface area (Å²) in [5, 5.41) is 4.56. The van der Waals surface area contributed by atoms with Crippen LogP contribution in [0.5, 0.6) is 0 Å². The van der Waals surface area contributed by atoms with E-state index in [1.54, 1.807) is 6.07 Å². The van der Waals surface area contributed by atoms with Crippen LogP contribution in [0.25, 0.3) is 0 Å². The second-order valence-electron chi connectivity index (χ2n) is 5.60. The number of nitrogens with one attached hydrogen (secondary N) is 1. The van der Waals surface area contributed by atoms with E-state index in [4.69, 9.17) is 11.6 Å². The summed E-state index contributed by atoms with van der Waals surface area (Å²) < 4.78 is 0. The molecule has 1 saturated heterocycles. The van der Waals surface area contributed by atoms with Crippen LogP contribution in [0.4, 0.5) is 5.82 Å². The van der Waals surface area contributed by atoms with Crippen LogP contribution in [0.3, 0.4) is 0 Å². The van der Waals surface area contributed by atoms with E-state index in [0.29, 0.717) is 10.4 Å². The normalized spacial score (nSPS) is 20.3. The highest BCUT2D eigenvalue weighted by atomic mass is 35.5. The SMILES string of the molecule is CC(C)(C)c1nc(Cl)cc(NCC2CSCCS2)n1. The van der Waals surface area contributed by atoms with Crippen LogP contribution in [0.15, 0.2) is 6.07 Å². The number of anilines is 1. The van der Waals surface area contributed by atoms with Gasteiger partial charge in [-0.25, -0.2) is 9.97 Å². The van der Waals surface area contributed by atoms with Gasteiger partial charge in [0.2, 0.25) is 0 Å². The number of nitrogens with zero attached hydrogens (tertiary/aromatic N) is 2. The number of rotatable bonds is 3. The minimum absolute atomic E-state index is 0.0865. The fourth-order valence-electron chi connectivity index (χ4n) is 1.72. The lowest BCUT2D eigenvalue weighted by atomic mass is 9.96. The average Bonchev–Trinajstić information content (AvgIpc) is 2.36. The van der Waals surface area contributed by atoms with Crippen molar-refractivity contribution < 1.29 is 0 Å². The van der Waals surface area contributed by atoms with Gasteiger partial charge in [-0.05, 0) is 0 Å². The molecule has 1 aromatic heterocycles. The Morgan fingerprint density at radius 2 is 2.16 bits per heavy atom. The van der Waals surface area contributed by atoms with Crippen molar-refractivity contribution in [3.8, 4) is 0 Å². The van der Waals surface area contributed by atoms with Crippen LogP contribution in [0, 0.1) is 0 Å². The van der Waals surface area contributed by atoms with Gasteiger partial charge in [0.15, 0.2) is 0 Å². The first-order chi connectivity index (χ1) is 8.95. The van der Waals surface area contributed by atoms with Crippen LogP contribution in [-0.2, 0) is 5.41 Å². The summed E-state index contributed by atoms with van der Waals surface area (Å²) in [7, 11) is 0. The summed E-state index contributed by atoms with van der Waals surface area (Å²) in [6, 6.07) is 1.80. The van der Waals surface area contributed by atoms with Crippen LogP contribution in [-0.4, -0.2) is 39.0 Å². The first-order valence-corrected chi connectivity index (χ1v) is 9.01. The first-order valence-electron chi connectivity index (χ1n) is 6.43. The predicted molar refractivity (Wildman–Crippen MR) is 87.8 cm³/mol. The molecule has 1 aliphatic heterocycles. The smallest absolute Gasteiger partial charge is 0.137 e. The molecular weight excluding hydrogens is 298 g/mol. The molecule has 2 heterocycles. The molecule has 6 heteroatoms. The zero-order valence-corrected chi connectivity index (χ0v) is 14.0. The molecule has 1 unspecified atom stereocenters. The number of thioether (sulfide) groups is 2. The number of halogens is 1. The van der Waals surface area contributed by atoms with Crippen molar-refractivity contribution in [3.05, 3.63) is 17.0 Å². The second-order valence-corrected chi connectivity index (χ2v) is 8.54. The standard InChI is InChI=1S/C13H20ClN3S2/c1-13(2,3)12-16-10(14)6-11(17-12)15-7-9-8-18-4-5-19-9/h6,9H,4-5,7-8H2,1-3H3,(H,15,16,17). The van der Waals surface area contributed by atoms with Crippen molar-refractivity contribution in [1.82, 2.24) is 9.97 Å². The lowest BCUT2D eigenvalue weighted by molar-refractivity contribution is 0.546. The van der Waals surface area contributed by atoms with E-state index in [1.165, 1.54) is 17.3 Å². The predicted octanol–water partition coefficient (Wildman–Crippen LogP) is 3.69. The van der Waals surface area contributed by atoms with Gasteiger partial charge < -0.3 is 5.32 Å². The molecule has 2 rings (SSSR count). The Balaban J connectivity index is 2.01. The molecular formula is C13H20ClN3S2. The van der Waals surface area contributed by atoms with Gasteiger partial charge in [0.05, 0.1) is 0 Å². The van der Waals surface area contributed by atoms with Crippen LogP contribution >= 0.6 is 35.1 Å². The van der Waals surface area contributed by atoms with Crippen molar-refractivity contribution in [3.63, 3.8) is 0 Å². The lowest BCUT2D eigenvalue weighted by Gasteiger charge is -2.22. The summed E-state index contributed by atoms with van der Waals surface area (Å²) in [6.07, 6.45) is 0. The Morgan fingerprint density at radius 3 is 2.79 bits per heavy atom. The van der Waals surface area contributed by atoms with E-state index in [0.717, 1.165) is 18.2 Å². The van der Waals surface area contributed by atoms with Crippen molar-refractivity contribution >= 4 is 40.9 Å². The van der Waals surface area contributed by atoms with Crippen LogP contribution < -0.4 is 5.32 Å². The van der Waals surface area contributed by atoms with E-state index < -0.39 is 0 Å². The Labute approximate surface area is 128 Å². The third-order valence-corrected chi connectivity index (χ3v) is 5.80. The summed E-state index contributed by atoms with van der Waals surface area (Å²) in [6.45, 7) is 7.22. The van der Waals surface area contributed by atoms with Gasteiger partial charge in [-0.1, -0.05) is 32.4 Å². The quantitative estimate of drug-likeness (QED) is 0.861. The van der Waals surface area contributed by atoms with Crippen molar-refractivity contribution in [2.24, 2.45) is 0 Å². The molecule has 1 aromatic rings. The molecule has 0 bridgehead atoms. The molecule has 1 atom stereocenters. The van der Waals surface area contributed by atoms with Gasteiger partial charge in [0.1, 0.15) is 16.8 Å². The van der Waals surface area contributed by atoms with Crippen molar-refractivity contribution in [2.45, 2.75) is 31.4 Å². The van der Waals surface area contributed by atoms with Gasteiger partial charge >= 0.3 is 0 Å². The van der Waals surface area contributed by atoms with E-state index >= 15 is 0 Å². The maximum absolute atomic E-state index is 6.08. The van der Waals surface area contributed by atoms with Gasteiger partial charge in [0.25, 0.3) is 0 Å². The van der Waals surface area contributed by atoms with Gasteiger partial charge in [-0.15, -0.1) is 0 Å². The summed E-state index contributed by atoms with van der Waals surface area (Å²) in [5.74, 6) is 5.35. The highest BCUT2D eigenvalue weighted by molar-refractivity contribution is 8.06. The molecule has 0 amide bonds. The molecule has 106 valence electrons. The third kappa shape index (κ3) is 4.72. The number of hydrogen-bond acceptors (Lipinski definition) is 5. The van der Waals surface area contributed by atoms with Crippen molar-refractivity contribution in [1.29, 1.82) is 0 Å². The highest BCUT2D eigenvalue weighted by Crippen LogP contribution is 2.25. The molecule has 3 nitrogen and oxygen atoms in total. The number of aromatic nitrogens is 2. The summed E-state index contributed by atoms with van der Waals surface area (Å²) >= 11 is 10.1. The monoisotopic (exact) mass is 317 g/mol. The van der Waals surface area contributed by atoms with Crippen LogP contribution in [0.1, 0.15) is 26.6 Å². The Hall–Kier alpha value is -0.130. The third-order valence-electron chi connectivity index (χ3n) is 2.76. The molecule has 19 heavy (non-hydrogen) atoms. The molecule has 0 radical (unpaired) electrons. The first kappa shape index (κ1) is 15.3. The molecule has 0 spiro atoms. The zero-order chi connectivity index (χ0) is 13.9. The van der Waals surface area contributed by atoms with Crippen molar-refractivity contribution in [2.75, 3.05) is 29.1 Å². The Bertz CT molecular complexity index is 428. The maximum atomic E-state index is 6.08. The largest absolute Gasteiger partial charge is 0.369 e. The maximum Gasteiger partial charge on any atom is 0.137 e. The zero-order valence-electron chi connectivity index (χ0n) is 11.6. The highest BCUT2D eigenvalue weighted by Gasteiger charge is 2.19. The second kappa shape index (κ2) is 6.55.